The normalized spacial score (nSPS) is 13.0. The summed E-state index contributed by atoms with van der Waals surface area (Å²) in [6.07, 6.45) is 96.1. The molecule has 0 saturated heterocycles. The Labute approximate surface area is 500 Å². The number of allylic oxidation sites excluding steroid dienone is 22. The van der Waals surface area contributed by atoms with Crippen LogP contribution in [0.5, 0.6) is 0 Å². The van der Waals surface area contributed by atoms with Crippen molar-refractivity contribution in [2.24, 2.45) is 0 Å². The Hall–Kier alpha value is -4.45. The van der Waals surface area contributed by atoms with Gasteiger partial charge in [0.25, 0.3) is 0 Å². The number of rotatable bonds is 60. The van der Waals surface area contributed by atoms with Crippen LogP contribution in [0.4, 0.5) is 0 Å². The minimum atomic E-state index is -0.796. The summed E-state index contributed by atoms with van der Waals surface area (Å²) in [5, 5.41) is 0. The van der Waals surface area contributed by atoms with Gasteiger partial charge < -0.3 is 14.2 Å². The Balaban J connectivity index is 4.33. The van der Waals surface area contributed by atoms with Crippen LogP contribution in [0.15, 0.2) is 134 Å². The summed E-state index contributed by atoms with van der Waals surface area (Å²) in [6.45, 7) is 6.47. The van der Waals surface area contributed by atoms with Gasteiger partial charge in [0.1, 0.15) is 13.2 Å². The predicted molar refractivity (Wildman–Crippen MR) is 353 cm³/mol. The van der Waals surface area contributed by atoms with Crippen molar-refractivity contribution in [3.63, 3.8) is 0 Å². The first-order chi connectivity index (χ1) is 40.0. The molecule has 1 unspecified atom stereocenters. The number of carbonyl (C=O) groups excluding carboxylic acids is 3. The first-order valence-electron chi connectivity index (χ1n) is 33.7. The summed E-state index contributed by atoms with van der Waals surface area (Å²) < 4.78 is 16.9. The number of ether oxygens (including phenoxy) is 3. The minimum Gasteiger partial charge on any atom is -0.462 e. The number of carbonyl (C=O) groups is 3. The second kappa shape index (κ2) is 68.1. The highest BCUT2D eigenvalue weighted by atomic mass is 16.6. The quantitative estimate of drug-likeness (QED) is 0.0261. The van der Waals surface area contributed by atoms with E-state index in [4.69, 9.17) is 14.2 Å². The van der Waals surface area contributed by atoms with E-state index in [-0.39, 0.29) is 31.1 Å². The van der Waals surface area contributed by atoms with E-state index in [1.807, 2.05) is 0 Å². The molecule has 6 nitrogen and oxygen atoms in total. The van der Waals surface area contributed by atoms with Crippen LogP contribution in [0.3, 0.4) is 0 Å². The average molecular weight is 1120 g/mol. The minimum absolute atomic E-state index is 0.0917. The molecule has 1 atom stereocenters. The molecule has 0 heterocycles. The number of esters is 3. The van der Waals surface area contributed by atoms with Crippen LogP contribution < -0.4 is 0 Å². The fourth-order valence-electron chi connectivity index (χ4n) is 9.06. The van der Waals surface area contributed by atoms with Gasteiger partial charge in [0.15, 0.2) is 6.10 Å². The summed E-state index contributed by atoms with van der Waals surface area (Å²) in [5.41, 5.74) is 0. The highest BCUT2D eigenvalue weighted by molar-refractivity contribution is 5.71. The van der Waals surface area contributed by atoms with E-state index in [0.717, 1.165) is 141 Å². The van der Waals surface area contributed by atoms with E-state index in [2.05, 4.69) is 154 Å². The van der Waals surface area contributed by atoms with E-state index >= 15 is 0 Å². The van der Waals surface area contributed by atoms with E-state index < -0.39 is 6.10 Å². The van der Waals surface area contributed by atoms with Gasteiger partial charge in [-0.15, -0.1) is 0 Å². The van der Waals surface area contributed by atoms with Crippen molar-refractivity contribution in [3.8, 4) is 0 Å². The number of unbranched alkanes of at least 4 members (excludes halogenated alkanes) is 27. The smallest absolute Gasteiger partial charge is 0.306 e. The molecule has 0 rings (SSSR count). The molecule has 0 radical (unpaired) electrons. The van der Waals surface area contributed by atoms with Crippen LogP contribution in [-0.2, 0) is 28.6 Å². The van der Waals surface area contributed by atoms with Crippen LogP contribution in [0.25, 0.3) is 0 Å². The molecule has 0 aliphatic carbocycles. The van der Waals surface area contributed by atoms with E-state index in [9.17, 15) is 14.4 Å². The maximum atomic E-state index is 12.9. The highest BCUT2D eigenvalue weighted by Crippen LogP contribution is 2.15. The van der Waals surface area contributed by atoms with Crippen molar-refractivity contribution in [3.05, 3.63) is 134 Å². The van der Waals surface area contributed by atoms with Crippen molar-refractivity contribution >= 4 is 17.9 Å². The molecule has 0 amide bonds. The second-order valence-electron chi connectivity index (χ2n) is 22.0. The molecule has 0 bridgehead atoms. The zero-order chi connectivity index (χ0) is 58.5. The molecule has 0 aromatic rings. The lowest BCUT2D eigenvalue weighted by Gasteiger charge is -2.18. The standard InChI is InChI=1S/C75H124O6/c1-4-7-10-13-16-19-22-24-26-28-30-32-34-35-36-37-38-39-41-42-44-46-48-50-53-56-59-62-65-68-74(77)80-71-72(70-79-73(76)67-64-61-58-55-52-21-18-15-12-9-6-3)81-75(78)69-66-63-60-57-54-51-49-47-45-43-40-33-31-29-27-25-23-20-17-14-11-8-5-2/h7,10,15-16,18-19,23-26,29-32,35-36,38-40,42-44,72H,4-6,8-9,11-14,17,20-22,27-28,33-34,37,41,45-71H2,1-3H3/b10-7-,18-15-,19-16-,25-23-,26-24-,31-29-,32-30-,36-35-,39-38-,43-40-,44-42-. The Morgan fingerprint density at radius 2 is 0.494 bits per heavy atom. The van der Waals surface area contributed by atoms with E-state index in [0.29, 0.717) is 19.3 Å². The van der Waals surface area contributed by atoms with Gasteiger partial charge in [-0.2, -0.15) is 0 Å². The first-order valence-corrected chi connectivity index (χ1v) is 33.7. The topological polar surface area (TPSA) is 78.9 Å². The van der Waals surface area contributed by atoms with E-state index in [1.165, 1.54) is 122 Å². The van der Waals surface area contributed by atoms with Gasteiger partial charge in [-0.25, -0.2) is 0 Å². The zero-order valence-electron chi connectivity index (χ0n) is 52.8. The molecule has 0 fully saturated rings. The van der Waals surface area contributed by atoms with Crippen LogP contribution in [-0.4, -0.2) is 37.2 Å². The maximum Gasteiger partial charge on any atom is 0.306 e. The molecule has 0 aromatic heterocycles. The molecular formula is C75H124O6. The summed E-state index contributed by atoms with van der Waals surface area (Å²) >= 11 is 0. The Bertz CT molecular complexity index is 1720. The molecule has 0 aromatic carbocycles. The Kier molecular flexibility index (Phi) is 64.3. The number of hydrogen-bond acceptors (Lipinski definition) is 6. The third-order valence-corrected chi connectivity index (χ3v) is 14.1. The fraction of sp³-hybridized carbons (Fsp3) is 0.667. The molecular weight excluding hydrogens is 997 g/mol. The van der Waals surface area contributed by atoms with Crippen molar-refractivity contribution in [1.29, 1.82) is 0 Å². The lowest BCUT2D eigenvalue weighted by Crippen LogP contribution is -2.30. The molecule has 81 heavy (non-hydrogen) atoms. The first kappa shape index (κ1) is 76.5. The van der Waals surface area contributed by atoms with Gasteiger partial charge in [0.2, 0.25) is 0 Å². The van der Waals surface area contributed by atoms with Crippen LogP contribution in [0.2, 0.25) is 0 Å². The number of hydrogen-bond donors (Lipinski definition) is 0. The molecule has 0 N–H and O–H groups in total. The average Bonchev–Trinajstić information content (AvgIpc) is 3.47. The molecule has 460 valence electrons. The van der Waals surface area contributed by atoms with Crippen LogP contribution in [0, 0.1) is 0 Å². The van der Waals surface area contributed by atoms with Crippen molar-refractivity contribution in [1.82, 2.24) is 0 Å². The summed E-state index contributed by atoms with van der Waals surface area (Å²) in [7, 11) is 0. The van der Waals surface area contributed by atoms with Crippen molar-refractivity contribution in [2.45, 2.75) is 309 Å². The van der Waals surface area contributed by atoms with Crippen molar-refractivity contribution < 1.29 is 28.6 Å². The van der Waals surface area contributed by atoms with Gasteiger partial charge in [-0.3, -0.25) is 14.4 Å². The van der Waals surface area contributed by atoms with Gasteiger partial charge in [-0.1, -0.05) is 283 Å². The lowest BCUT2D eigenvalue weighted by molar-refractivity contribution is -0.167. The van der Waals surface area contributed by atoms with Gasteiger partial charge in [-0.05, 0) is 135 Å². The van der Waals surface area contributed by atoms with E-state index in [1.54, 1.807) is 0 Å². The SMILES string of the molecule is CC/C=C\C/C=C\C/C=C\C/C=C\C/C=C\C/C=C\C/C=C\CCCCCCCCCC(=O)OCC(COC(=O)CCCCCCC/C=C\CCCC)OC(=O)CCCCCCCCCC/C=C\C/C=C\C/C=C\CCCCCCC. The monoisotopic (exact) mass is 1120 g/mol. The Morgan fingerprint density at radius 3 is 0.802 bits per heavy atom. The molecule has 0 spiro atoms. The third kappa shape index (κ3) is 66.2. The maximum absolute atomic E-state index is 12.9. The third-order valence-electron chi connectivity index (χ3n) is 14.1. The summed E-state index contributed by atoms with van der Waals surface area (Å²) in [6, 6.07) is 0. The molecule has 0 saturated carbocycles. The molecule has 0 aliphatic rings. The largest absolute Gasteiger partial charge is 0.462 e. The molecule has 6 heteroatoms. The second-order valence-corrected chi connectivity index (χ2v) is 22.0. The van der Waals surface area contributed by atoms with Gasteiger partial charge in [0, 0.05) is 19.3 Å². The van der Waals surface area contributed by atoms with Crippen LogP contribution in [0.1, 0.15) is 303 Å². The summed E-state index contributed by atoms with van der Waals surface area (Å²) in [5.74, 6) is -0.916. The lowest BCUT2D eigenvalue weighted by atomic mass is 10.1. The zero-order valence-corrected chi connectivity index (χ0v) is 52.8. The van der Waals surface area contributed by atoms with Crippen LogP contribution >= 0.6 is 0 Å². The van der Waals surface area contributed by atoms with Crippen molar-refractivity contribution in [2.75, 3.05) is 13.2 Å². The van der Waals surface area contributed by atoms with Gasteiger partial charge in [0.05, 0.1) is 0 Å². The summed E-state index contributed by atoms with van der Waals surface area (Å²) in [4.78, 5) is 38.3. The highest BCUT2D eigenvalue weighted by Gasteiger charge is 2.19. The molecule has 0 aliphatic heterocycles. The van der Waals surface area contributed by atoms with Gasteiger partial charge >= 0.3 is 17.9 Å². The predicted octanol–water partition coefficient (Wildman–Crippen LogP) is 23.3. The fourth-order valence-corrected chi connectivity index (χ4v) is 9.06. The Morgan fingerprint density at radius 1 is 0.259 bits per heavy atom.